The van der Waals surface area contributed by atoms with Crippen molar-refractivity contribution < 1.29 is 23.8 Å². The molecule has 0 fully saturated rings. The van der Waals surface area contributed by atoms with Gasteiger partial charge in [-0.3, -0.25) is 9.59 Å². The molecule has 1 atom stereocenters. The quantitative estimate of drug-likeness (QED) is 0.443. The number of hydrogen-bond donors (Lipinski definition) is 2. The lowest BCUT2D eigenvalue weighted by molar-refractivity contribution is -0.130. The molecule has 8 heteroatoms. The van der Waals surface area contributed by atoms with Crippen LogP contribution in [-0.4, -0.2) is 37.3 Å². The molecular formula is C24H21N3O5. The SMILES string of the molecule is O=C(COc1ccc(/C=N\NC(=O)[C@H]2COc3ccccc3O2)cc1)Nc1ccccc1. The zero-order valence-electron chi connectivity index (χ0n) is 17.1. The first kappa shape index (κ1) is 20.9. The highest BCUT2D eigenvalue weighted by Crippen LogP contribution is 2.30. The van der Waals surface area contributed by atoms with E-state index in [9.17, 15) is 9.59 Å². The summed E-state index contributed by atoms with van der Waals surface area (Å²) in [5, 5.41) is 6.71. The monoisotopic (exact) mass is 431 g/mol. The molecular weight excluding hydrogens is 410 g/mol. The molecule has 3 aromatic rings. The smallest absolute Gasteiger partial charge is 0.284 e. The van der Waals surface area contributed by atoms with E-state index in [1.807, 2.05) is 30.3 Å². The van der Waals surface area contributed by atoms with E-state index in [0.29, 0.717) is 22.9 Å². The van der Waals surface area contributed by atoms with Crippen LogP contribution in [0.3, 0.4) is 0 Å². The van der Waals surface area contributed by atoms with Gasteiger partial charge in [0.2, 0.25) is 6.10 Å². The maximum Gasteiger partial charge on any atom is 0.284 e. The molecule has 162 valence electrons. The summed E-state index contributed by atoms with van der Waals surface area (Å²) < 4.78 is 16.7. The van der Waals surface area contributed by atoms with E-state index in [2.05, 4.69) is 15.8 Å². The van der Waals surface area contributed by atoms with Gasteiger partial charge < -0.3 is 19.5 Å². The van der Waals surface area contributed by atoms with E-state index >= 15 is 0 Å². The van der Waals surface area contributed by atoms with Gasteiger partial charge in [-0.25, -0.2) is 5.43 Å². The van der Waals surface area contributed by atoms with Crippen LogP contribution in [0.25, 0.3) is 0 Å². The molecule has 0 aliphatic carbocycles. The van der Waals surface area contributed by atoms with Crippen LogP contribution in [0.5, 0.6) is 17.2 Å². The van der Waals surface area contributed by atoms with Crippen molar-refractivity contribution in [3.05, 3.63) is 84.4 Å². The highest BCUT2D eigenvalue weighted by Gasteiger charge is 2.26. The molecule has 2 N–H and O–H groups in total. The lowest BCUT2D eigenvalue weighted by atomic mass is 10.2. The molecule has 0 spiro atoms. The number of para-hydroxylation sites is 3. The number of amides is 2. The fourth-order valence-electron chi connectivity index (χ4n) is 2.91. The van der Waals surface area contributed by atoms with E-state index in [1.54, 1.807) is 48.5 Å². The maximum atomic E-state index is 12.2. The number of nitrogens with one attached hydrogen (secondary N) is 2. The molecule has 0 aromatic heterocycles. The van der Waals surface area contributed by atoms with Crippen LogP contribution in [-0.2, 0) is 9.59 Å². The lowest BCUT2D eigenvalue weighted by Gasteiger charge is -2.24. The Morgan fingerprint density at radius 2 is 1.69 bits per heavy atom. The van der Waals surface area contributed by atoms with Crippen LogP contribution in [0.15, 0.2) is 84.0 Å². The fourth-order valence-corrected chi connectivity index (χ4v) is 2.91. The van der Waals surface area contributed by atoms with E-state index < -0.39 is 12.0 Å². The number of nitrogens with zero attached hydrogens (tertiary/aromatic N) is 1. The summed E-state index contributed by atoms with van der Waals surface area (Å²) in [6.07, 6.45) is 0.724. The van der Waals surface area contributed by atoms with E-state index in [0.717, 1.165) is 5.56 Å². The molecule has 3 aromatic carbocycles. The van der Waals surface area contributed by atoms with Crippen molar-refractivity contribution in [3.8, 4) is 17.2 Å². The van der Waals surface area contributed by atoms with E-state index in [4.69, 9.17) is 14.2 Å². The summed E-state index contributed by atoms with van der Waals surface area (Å²) in [5.41, 5.74) is 3.91. The molecule has 1 aliphatic heterocycles. The molecule has 0 unspecified atom stereocenters. The highest BCUT2D eigenvalue weighted by molar-refractivity contribution is 5.91. The molecule has 0 bridgehead atoms. The van der Waals surface area contributed by atoms with Crippen LogP contribution in [0, 0.1) is 0 Å². The van der Waals surface area contributed by atoms with Gasteiger partial charge in [0.1, 0.15) is 12.4 Å². The van der Waals surface area contributed by atoms with Crippen LogP contribution in [0.4, 0.5) is 5.69 Å². The Kier molecular flexibility index (Phi) is 6.62. The fraction of sp³-hybridized carbons (Fsp3) is 0.125. The first-order valence-corrected chi connectivity index (χ1v) is 9.96. The second kappa shape index (κ2) is 10.1. The summed E-state index contributed by atoms with van der Waals surface area (Å²) in [4.78, 5) is 24.2. The van der Waals surface area contributed by atoms with Crippen molar-refractivity contribution in [2.24, 2.45) is 5.10 Å². The van der Waals surface area contributed by atoms with Gasteiger partial charge in [0.15, 0.2) is 18.1 Å². The molecule has 2 amide bonds. The highest BCUT2D eigenvalue weighted by atomic mass is 16.6. The molecule has 0 saturated heterocycles. The lowest BCUT2D eigenvalue weighted by Crippen LogP contribution is -2.42. The summed E-state index contributed by atoms with van der Waals surface area (Å²) in [5.74, 6) is 1.03. The van der Waals surface area contributed by atoms with Gasteiger partial charge in [-0.05, 0) is 54.1 Å². The van der Waals surface area contributed by atoms with Crippen molar-refractivity contribution >= 4 is 23.7 Å². The number of carbonyl (C=O) groups is 2. The number of fused-ring (bicyclic) bond motifs is 1. The number of rotatable bonds is 7. The Balaban J connectivity index is 1.22. The second-order valence-electron chi connectivity index (χ2n) is 6.87. The predicted molar refractivity (Wildman–Crippen MR) is 119 cm³/mol. The largest absolute Gasteiger partial charge is 0.485 e. The summed E-state index contributed by atoms with van der Waals surface area (Å²) in [6, 6.07) is 23.3. The Labute approximate surface area is 184 Å². The van der Waals surface area contributed by atoms with Gasteiger partial charge in [0.25, 0.3) is 11.8 Å². The predicted octanol–water partition coefficient (Wildman–Crippen LogP) is 2.99. The first-order chi connectivity index (χ1) is 15.7. The minimum Gasteiger partial charge on any atom is -0.485 e. The van der Waals surface area contributed by atoms with Crippen molar-refractivity contribution in [2.45, 2.75) is 6.10 Å². The average Bonchev–Trinajstić information content (AvgIpc) is 2.84. The van der Waals surface area contributed by atoms with Gasteiger partial charge >= 0.3 is 0 Å². The van der Waals surface area contributed by atoms with Gasteiger partial charge in [-0.2, -0.15) is 5.10 Å². The molecule has 1 heterocycles. The zero-order chi connectivity index (χ0) is 22.2. The van der Waals surface area contributed by atoms with E-state index in [1.165, 1.54) is 6.21 Å². The average molecular weight is 431 g/mol. The van der Waals surface area contributed by atoms with Crippen molar-refractivity contribution in [1.29, 1.82) is 0 Å². The molecule has 8 nitrogen and oxygen atoms in total. The van der Waals surface area contributed by atoms with Gasteiger partial charge in [-0.15, -0.1) is 0 Å². The number of hydrazone groups is 1. The molecule has 4 rings (SSSR count). The first-order valence-electron chi connectivity index (χ1n) is 9.96. The van der Waals surface area contributed by atoms with Gasteiger partial charge in [0, 0.05) is 5.69 Å². The van der Waals surface area contributed by atoms with Crippen LogP contribution in [0.1, 0.15) is 5.56 Å². The number of anilines is 1. The van der Waals surface area contributed by atoms with Crippen LogP contribution < -0.4 is 25.0 Å². The number of ether oxygens (including phenoxy) is 3. The zero-order valence-corrected chi connectivity index (χ0v) is 17.1. The molecule has 0 saturated carbocycles. The molecule has 0 radical (unpaired) electrons. The minimum atomic E-state index is -0.778. The second-order valence-corrected chi connectivity index (χ2v) is 6.87. The van der Waals surface area contributed by atoms with E-state index in [-0.39, 0.29) is 19.1 Å². The van der Waals surface area contributed by atoms with Gasteiger partial charge in [-0.1, -0.05) is 30.3 Å². The Hall–Kier alpha value is -4.33. The minimum absolute atomic E-state index is 0.106. The third-order valence-corrected chi connectivity index (χ3v) is 4.50. The number of carbonyl (C=O) groups excluding carboxylic acids is 2. The Morgan fingerprint density at radius 1 is 0.969 bits per heavy atom. The standard InChI is InChI=1S/C24H21N3O5/c28-23(26-18-6-2-1-3-7-18)16-30-19-12-10-17(11-13-19)14-25-27-24(29)22-15-31-20-8-4-5-9-21(20)32-22/h1-14,22H,15-16H2,(H,26,28)(H,27,29)/b25-14-/t22-/m1/s1. The number of hydrogen-bond acceptors (Lipinski definition) is 6. The number of benzene rings is 3. The molecule has 32 heavy (non-hydrogen) atoms. The topological polar surface area (TPSA) is 98.2 Å². The summed E-state index contributed by atoms with van der Waals surface area (Å²) in [6.45, 7) is 0.00717. The van der Waals surface area contributed by atoms with Crippen molar-refractivity contribution in [2.75, 3.05) is 18.5 Å². The van der Waals surface area contributed by atoms with Crippen LogP contribution in [0.2, 0.25) is 0 Å². The summed E-state index contributed by atoms with van der Waals surface area (Å²) >= 11 is 0. The Bertz CT molecular complexity index is 1100. The van der Waals surface area contributed by atoms with Crippen LogP contribution >= 0.6 is 0 Å². The summed E-state index contributed by atoms with van der Waals surface area (Å²) in [7, 11) is 0. The molecule has 1 aliphatic rings. The maximum absolute atomic E-state index is 12.2. The third kappa shape index (κ3) is 5.63. The van der Waals surface area contributed by atoms with Crippen molar-refractivity contribution in [1.82, 2.24) is 5.43 Å². The Morgan fingerprint density at radius 3 is 2.47 bits per heavy atom. The third-order valence-electron chi connectivity index (χ3n) is 4.50. The van der Waals surface area contributed by atoms with Gasteiger partial charge in [0.05, 0.1) is 6.21 Å². The normalized spacial score (nSPS) is 14.6. The van der Waals surface area contributed by atoms with Crippen molar-refractivity contribution in [3.63, 3.8) is 0 Å².